The molecule has 6 nitrogen and oxygen atoms in total. The quantitative estimate of drug-likeness (QED) is 0.339. The minimum atomic E-state index is -2.52. The number of carbonyl (C=O) groups is 1. The second kappa shape index (κ2) is 7.75. The largest absolute Gasteiger partial charge is 0.598 e. The van der Waals surface area contributed by atoms with Crippen LogP contribution in [-0.2, 0) is 20.9 Å². The third-order valence-electron chi connectivity index (χ3n) is 4.01. The SMILES string of the molecule is C=C1COc2c(ccc(F)c2F)C1[C@@](O)(N[S+]([O-])C(C)(C)C)C(=O)OCC. The Morgan fingerprint density at radius 1 is 1.48 bits per heavy atom. The van der Waals surface area contributed by atoms with Gasteiger partial charge in [0.25, 0.3) is 5.72 Å². The molecule has 0 saturated heterocycles. The highest BCUT2D eigenvalue weighted by Crippen LogP contribution is 2.44. The lowest BCUT2D eigenvalue weighted by molar-refractivity contribution is -0.168. The number of esters is 1. The summed E-state index contributed by atoms with van der Waals surface area (Å²) in [6.07, 6.45) is 0. The van der Waals surface area contributed by atoms with Gasteiger partial charge in [-0.2, -0.15) is 4.39 Å². The van der Waals surface area contributed by atoms with Gasteiger partial charge in [-0.05, 0) is 39.3 Å². The maximum absolute atomic E-state index is 14.2. The maximum Gasteiger partial charge on any atom is 0.358 e. The Balaban J connectivity index is 2.60. The van der Waals surface area contributed by atoms with Gasteiger partial charge in [0.1, 0.15) is 11.4 Å². The average molecular weight is 403 g/mol. The standard InChI is InChI=1S/C18H23F2NO5S/c1-6-25-16(22)18(23,21-27(24)17(3,4)5)13-10(2)9-26-15-11(13)7-8-12(19)14(15)20/h7-8,13,21,23H,2,6,9H2,1,3-5H3/t13?,18-,27?/m0/s1. The number of aliphatic hydroxyl groups is 1. The molecule has 27 heavy (non-hydrogen) atoms. The molecule has 0 aromatic heterocycles. The summed E-state index contributed by atoms with van der Waals surface area (Å²) in [4.78, 5) is 12.6. The highest BCUT2D eigenvalue weighted by atomic mass is 32.2. The summed E-state index contributed by atoms with van der Waals surface area (Å²) in [5, 5.41) is 11.2. The molecule has 2 N–H and O–H groups in total. The van der Waals surface area contributed by atoms with E-state index in [-0.39, 0.29) is 24.4 Å². The van der Waals surface area contributed by atoms with E-state index in [0.717, 1.165) is 6.07 Å². The zero-order valence-corrected chi connectivity index (χ0v) is 16.4. The number of benzene rings is 1. The van der Waals surface area contributed by atoms with Crippen LogP contribution in [0.15, 0.2) is 24.3 Å². The van der Waals surface area contributed by atoms with Crippen LogP contribution in [0.5, 0.6) is 5.75 Å². The van der Waals surface area contributed by atoms with Crippen LogP contribution >= 0.6 is 0 Å². The minimum Gasteiger partial charge on any atom is -0.598 e. The van der Waals surface area contributed by atoms with Crippen LogP contribution in [0.4, 0.5) is 8.78 Å². The number of fused-ring (bicyclic) bond motifs is 1. The summed E-state index contributed by atoms with van der Waals surface area (Å²) < 4.78 is 52.1. The Labute approximate surface area is 159 Å². The Bertz CT molecular complexity index is 752. The van der Waals surface area contributed by atoms with E-state index in [2.05, 4.69) is 11.3 Å². The molecule has 1 aliphatic rings. The number of halogens is 2. The molecule has 2 rings (SSSR count). The van der Waals surface area contributed by atoms with Gasteiger partial charge >= 0.3 is 5.97 Å². The van der Waals surface area contributed by atoms with Gasteiger partial charge in [0.05, 0.1) is 12.5 Å². The summed E-state index contributed by atoms with van der Waals surface area (Å²) in [7, 11) is 0. The number of nitrogens with one attached hydrogen (secondary N) is 1. The van der Waals surface area contributed by atoms with Gasteiger partial charge in [-0.15, -0.1) is 0 Å². The Morgan fingerprint density at radius 2 is 2.11 bits per heavy atom. The van der Waals surface area contributed by atoms with Gasteiger partial charge in [0.15, 0.2) is 11.6 Å². The number of ether oxygens (including phenoxy) is 2. The normalized spacial score (nSPS) is 20.3. The van der Waals surface area contributed by atoms with Crippen molar-refractivity contribution >= 4 is 17.3 Å². The summed E-state index contributed by atoms with van der Waals surface area (Å²) in [6.45, 7) is 9.94. The highest BCUT2D eigenvalue weighted by Gasteiger charge is 2.54. The summed E-state index contributed by atoms with van der Waals surface area (Å²) in [6, 6.07) is 2.05. The van der Waals surface area contributed by atoms with Crippen molar-refractivity contribution in [1.29, 1.82) is 0 Å². The zero-order valence-electron chi connectivity index (χ0n) is 15.6. The predicted molar refractivity (Wildman–Crippen MR) is 96.3 cm³/mol. The van der Waals surface area contributed by atoms with Crippen LogP contribution in [0.25, 0.3) is 0 Å². The van der Waals surface area contributed by atoms with Crippen LogP contribution in [0.2, 0.25) is 0 Å². The van der Waals surface area contributed by atoms with Crippen LogP contribution in [-0.4, -0.2) is 39.3 Å². The lowest BCUT2D eigenvalue weighted by atomic mass is 9.81. The van der Waals surface area contributed by atoms with Crippen molar-refractivity contribution < 1.29 is 32.7 Å². The van der Waals surface area contributed by atoms with Crippen LogP contribution in [0.3, 0.4) is 0 Å². The summed E-state index contributed by atoms with van der Waals surface area (Å²) >= 11 is -1.88. The van der Waals surface area contributed by atoms with Crippen molar-refractivity contribution in [2.24, 2.45) is 0 Å². The van der Waals surface area contributed by atoms with E-state index in [1.54, 1.807) is 27.7 Å². The lowest BCUT2D eigenvalue weighted by Gasteiger charge is -2.40. The molecule has 9 heteroatoms. The molecule has 0 fully saturated rings. The fraction of sp³-hybridized carbons (Fsp3) is 0.500. The van der Waals surface area contributed by atoms with Crippen LogP contribution in [0, 0.1) is 11.6 Å². The molecule has 150 valence electrons. The molecule has 0 aliphatic carbocycles. The molecular weight excluding hydrogens is 380 g/mol. The molecule has 2 unspecified atom stereocenters. The predicted octanol–water partition coefficient (Wildman–Crippen LogP) is 2.30. The van der Waals surface area contributed by atoms with Gasteiger partial charge in [-0.1, -0.05) is 17.4 Å². The lowest BCUT2D eigenvalue weighted by Crippen LogP contribution is -2.62. The van der Waals surface area contributed by atoms with Gasteiger partial charge in [0, 0.05) is 16.9 Å². The summed E-state index contributed by atoms with van der Waals surface area (Å²) in [5.41, 5.74) is -2.31. The summed E-state index contributed by atoms with van der Waals surface area (Å²) in [5.74, 6) is -5.18. The van der Waals surface area contributed by atoms with E-state index in [0.29, 0.717) is 0 Å². The Hall–Kier alpha value is -1.68. The first kappa shape index (κ1) is 21.6. The topological polar surface area (TPSA) is 90.9 Å². The first-order chi connectivity index (χ1) is 12.4. The molecular formula is C18H23F2NO5S. The fourth-order valence-corrected chi connectivity index (χ4v) is 3.45. The molecule has 0 spiro atoms. The Morgan fingerprint density at radius 3 is 2.67 bits per heavy atom. The smallest absolute Gasteiger partial charge is 0.358 e. The highest BCUT2D eigenvalue weighted by molar-refractivity contribution is 7.90. The van der Waals surface area contributed by atoms with E-state index >= 15 is 0 Å². The van der Waals surface area contributed by atoms with Crippen molar-refractivity contribution in [3.8, 4) is 5.75 Å². The van der Waals surface area contributed by atoms with Crippen LogP contribution < -0.4 is 9.46 Å². The molecule has 1 aliphatic heterocycles. The molecule has 0 radical (unpaired) electrons. The van der Waals surface area contributed by atoms with Gasteiger partial charge in [-0.3, -0.25) is 0 Å². The van der Waals surface area contributed by atoms with Crippen molar-refractivity contribution in [1.82, 2.24) is 4.72 Å². The molecule has 1 aromatic rings. The number of hydrogen-bond donors (Lipinski definition) is 2. The van der Waals surface area contributed by atoms with E-state index in [9.17, 15) is 23.2 Å². The van der Waals surface area contributed by atoms with Crippen molar-refractivity contribution in [3.05, 3.63) is 41.5 Å². The van der Waals surface area contributed by atoms with E-state index in [4.69, 9.17) is 9.47 Å². The van der Waals surface area contributed by atoms with Gasteiger partial charge in [-0.25, -0.2) is 9.18 Å². The van der Waals surface area contributed by atoms with Crippen molar-refractivity contribution in [2.75, 3.05) is 13.2 Å². The second-order valence-electron chi connectivity index (χ2n) is 7.13. The fourth-order valence-electron chi connectivity index (χ4n) is 2.66. The molecule has 1 aromatic carbocycles. The first-order valence-electron chi connectivity index (χ1n) is 8.31. The molecule has 0 saturated carbocycles. The van der Waals surface area contributed by atoms with Crippen molar-refractivity contribution in [2.45, 2.75) is 44.1 Å². The monoisotopic (exact) mass is 403 g/mol. The molecule has 1 heterocycles. The number of carbonyl (C=O) groups excluding carboxylic acids is 1. The van der Waals surface area contributed by atoms with Crippen molar-refractivity contribution in [3.63, 3.8) is 0 Å². The second-order valence-corrected chi connectivity index (χ2v) is 9.10. The average Bonchev–Trinajstić information content (AvgIpc) is 2.57. The zero-order chi connectivity index (χ0) is 20.6. The minimum absolute atomic E-state index is 0.000822. The van der Waals surface area contributed by atoms with Gasteiger partial charge in [0.2, 0.25) is 5.82 Å². The van der Waals surface area contributed by atoms with Crippen LogP contribution in [0.1, 0.15) is 39.2 Å². The third-order valence-corrected chi connectivity index (χ3v) is 5.62. The van der Waals surface area contributed by atoms with E-state index in [1.807, 2.05) is 0 Å². The maximum atomic E-state index is 14.2. The third kappa shape index (κ3) is 4.11. The first-order valence-corrected chi connectivity index (χ1v) is 9.46. The van der Waals surface area contributed by atoms with E-state index in [1.165, 1.54) is 6.07 Å². The Kier molecular flexibility index (Phi) is 6.20. The van der Waals surface area contributed by atoms with E-state index < -0.39 is 51.1 Å². The number of rotatable bonds is 5. The molecule has 3 atom stereocenters. The molecule has 0 bridgehead atoms. The van der Waals surface area contributed by atoms with Gasteiger partial charge < -0.3 is 19.1 Å². The number of hydrogen-bond acceptors (Lipinski definition) is 6. The molecule has 0 amide bonds.